The Hall–Kier alpha value is -2.21. The summed E-state index contributed by atoms with van der Waals surface area (Å²) in [5, 5.41) is 13.9. The summed E-state index contributed by atoms with van der Waals surface area (Å²) >= 11 is 0. The summed E-state index contributed by atoms with van der Waals surface area (Å²) in [6, 6.07) is 7.12. The van der Waals surface area contributed by atoms with Gasteiger partial charge in [-0.25, -0.2) is 4.39 Å². The van der Waals surface area contributed by atoms with Gasteiger partial charge in [0.05, 0.1) is 12.4 Å². The highest BCUT2D eigenvalue weighted by Gasteiger charge is 2.30. The largest absolute Gasteiger partial charge is 0.504 e. The molecule has 0 spiro atoms. The second-order valence-electron chi connectivity index (χ2n) is 7.03. The van der Waals surface area contributed by atoms with E-state index in [2.05, 4.69) is 20.0 Å². The molecule has 3 aliphatic rings. The lowest BCUT2D eigenvalue weighted by atomic mass is 10.0. The van der Waals surface area contributed by atoms with Crippen molar-refractivity contribution in [2.75, 3.05) is 32.8 Å². The first-order valence-electron chi connectivity index (χ1n) is 9.02. The number of piperidine rings is 1. The Balaban J connectivity index is 1.47. The molecule has 0 radical (unpaired) electrons. The Morgan fingerprint density at radius 1 is 1.08 bits per heavy atom. The van der Waals surface area contributed by atoms with Crippen LogP contribution in [-0.4, -0.2) is 58.7 Å². The van der Waals surface area contributed by atoms with Gasteiger partial charge < -0.3 is 25.1 Å². The number of benzene rings is 1. The molecule has 0 aliphatic carbocycles. The summed E-state index contributed by atoms with van der Waals surface area (Å²) in [6.07, 6.45) is 6.17. The van der Waals surface area contributed by atoms with E-state index in [0.29, 0.717) is 11.8 Å². The number of aliphatic hydroxyl groups excluding tert-OH is 1. The van der Waals surface area contributed by atoms with Crippen LogP contribution in [0.3, 0.4) is 0 Å². The highest BCUT2D eigenvalue weighted by molar-refractivity contribution is 5.28. The average Bonchev–Trinajstić information content (AvgIpc) is 2.65. The normalized spacial score (nSPS) is 21.7. The number of hydrogen-bond acceptors (Lipinski definition) is 5. The molecule has 4 rings (SSSR count). The van der Waals surface area contributed by atoms with Gasteiger partial charge in [-0.1, -0.05) is 12.1 Å². The number of rotatable bonds is 3. The van der Waals surface area contributed by atoms with Crippen LogP contribution in [0.4, 0.5) is 4.39 Å². The zero-order valence-corrected chi connectivity index (χ0v) is 14.4. The summed E-state index contributed by atoms with van der Waals surface area (Å²) in [6.45, 7) is 5.43. The van der Waals surface area contributed by atoms with Crippen LogP contribution >= 0.6 is 0 Å². The van der Waals surface area contributed by atoms with Gasteiger partial charge in [-0.05, 0) is 43.6 Å². The molecule has 1 saturated heterocycles. The monoisotopic (exact) mass is 344 g/mol. The lowest BCUT2D eigenvalue weighted by Crippen LogP contribution is -2.50. The van der Waals surface area contributed by atoms with Crippen molar-refractivity contribution in [3.05, 3.63) is 59.5 Å². The van der Waals surface area contributed by atoms with Crippen molar-refractivity contribution in [1.29, 1.82) is 0 Å². The molecule has 2 N–H and O–H groups in total. The van der Waals surface area contributed by atoms with Gasteiger partial charge in [0.25, 0.3) is 0 Å². The van der Waals surface area contributed by atoms with Gasteiger partial charge in [0, 0.05) is 38.1 Å². The number of hydrogen-bond donors (Lipinski definition) is 2. The van der Waals surface area contributed by atoms with Gasteiger partial charge in [-0.2, -0.15) is 0 Å². The molecule has 3 heterocycles. The lowest BCUT2D eigenvalue weighted by molar-refractivity contribution is 0.0979. The molecular weight excluding hydrogens is 319 g/mol. The average molecular weight is 344 g/mol. The molecular formula is C19H25FN4O. The van der Waals surface area contributed by atoms with E-state index in [9.17, 15) is 9.50 Å². The van der Waals surface area contributed by atoms with Gasteiger partial charge in [0.15, 0.2) is 5.76 Å². The van der Waals surface area contributed by atoms with E-state index in [-0.39, 0.29) is 5.82 Å². The molecule has 134 valence electrons. The third kappa shape index (κ3) is 3.58. The van der Waals surface area contributed by atoms with Gasteiger partial charge in [0.1, 0.15) is 5.82 Å². The summed E-state index contributed by atoms with van der Waals surface area (Å²) in [4.78, 5) is 6.71. The fraction of sp³-hybridized carbons (Fsp3) is 0.474. The first-order chi connectivity index (χ1) is 12.2. The minimum Gasteiger partial charge on any atom is -0.504 e. The second kappa shape index (κ2) is 6.96. The molecule has 0 saturated carbocycles. The van der Waals surface area contributed by atoms with Gasteiger partial charge in [-0.15, -0.1) is 0 Å². The van der Waals surface area contributed by atoms with Crippen molar-refractivity contribution in [2.24, 2.45) is 0 Å². The quantitative estimate of drug-likeness (QED) is 0.880. The number of nitrogens with zero attached hydrogens (tertiary/aromatic N) is 3. The van der Waals surface area contributed by atoms with E-state index in [1.54, 1.807) is 0 Å². The molecule has 1 aromatic rings. The Bertz CT molecular complexity index is 667. The minimum absolute atomic E-state index is 0.210. The van der Waals surface area contributed by atoms with Crippen LogP contribution in [0.2, 0.25) is 0 Å². The maximum Gasteiger partial charge on any atom is 0.156 e. The zero-order chi connectivity index (χ0) is 17.2. The van der Waals surface area contributed by atoms with Crippen LogP contribution in [0.15, 0.2) is 48.1 Å². The summed E-state index contributed by atoms with van der Waals surface area (Å²) < 4.78 is 13.0. The SMILES string of the molecule is OC1=CN(C2CCNCC2)CN2CCN(Cc3ccc(F)cc3)C=C12. The second-order valence-corrected chi connectivity index (χ2v) is 7.03. The Labute approximate surface area is 148 Å². The zero-order valence-electron chi connectivity index (χ0n) is 14.4. The van der Waals surface area contributed by atoms with Crippen molar-refractivity contribution in [3.63, 3.8) is 0 Å². The van der Waals surface area contributed by atoms with E-state index in [4.69, 9.17) is 0 Å². The molecule has 0 atom stereocenters. The molecule has 0 aromatic heterocycles. The Morgan fingerprint density at radius 3 is 2.60 bits per heavy atom. The standard InChI is InChI=1S/C19H25FN4O/c20-16-3-1-15(2-4-16)11-22-9-10-23-14-24(13-19(25)18(23)12-22)17-5-7-21-8-6-17/h1-4,12-13,17,21,25H,5-11,14H2. The molecule has 1 aromatic carbocycles. The molecule has 0 unspecified atom stereocenters. The summed E-state index contributed by atoms with van der Waals surface area (Å²) in [5.41, 5.74) is 1.96. The first kappa shape index (κ1) is 16.3. The van der Waals surface area contributed by atoms with E-state index in [1.807, 2.05) is 24.5 Å². The van der Waals surface area contributed by atoms with Crippen molar-refractivity contribution in [1.82, 2.24) is 20.0 Å². The fourth-order valence-electron chi connectivity index (χ4n) is 3.83. The van der Waals surface area contributed by atoms with Crippen molar-refractivity contribution < 1.29 is 9.50 Å². The number of fused-ring (bicyclic) bond motifs is 1. The van der Waals surface area contributed by atoms with Crippen molar-refractivity contribution >= 4 is 0 Å². The van der Waals surface area contributed by atoms with Gasteiger partial charge in [0.2, 0.25) is 0 Å². The lowest BCUT2D eigenvalue weighted by Gasteiger charge is -2.45. The van der Waals surface area contributed by atoms with Crippen molar-refractivity contribution in [3.8, 4) is 0 Å². The summed E-state index contributed by atoms with van der Waals surface area (Å²) in [7, 11) is 0. The topological polar surface area (TPSA) is 42.0 Å². The molecule has 3 aliphatic heterocycles. The fourth-order valence-corrected chi connectivity index (χ4v) is 3.83. The molecule has 25 heavy (non-hydrogen) atoms. The maximum absolute atomic E-state index is 13.0. The maximum atomic E-state index is 13.0. The highest BCUT2D eigenvalue weighted by atomic mass is 19.1. The van der Waals surface area contributed by atoms with Crippen LogP contribution in [-0.2, 0) is 6.54 Å². The van der Waals surface area contributed by atoms with E-state index in [1.165, 1.54) is 12.1 Å². The van der Waals surface area contributed by atoms with Crippen LogP contribution in [0, 0.1) is 5.82 Å². The molecule has 0 bridgehead atoms. The van der Waals surface area contributed by atoms with Crippen LogP contribution in [0.1, 0.15) is 18.4 Å². The van der Waals surface area contributed by atoms with Crippen LogP contribution < -0.4 is 5.32 Å². The summed E-state index contributed by atoms with van der Waals surface area (Å²) in [5.74, 6) is 0.131. The van der Waals surface area contributed by atoms with Crippen molar-refractivity contribution in [2.45, 2.75) is 25.4 Å². The molecule has 0 amide bonds. The van der Waals surface area contributed by atoms with E-state index < -0.39 is 0 Å². The molecule has 5 nitrogen and oxygen atoms in total. The van der Waals surface area contributed by atoms with Gasteiger partial charge in [-0.3, -0.25) is 0 Å². The predicted octanol–water partition coefficient (Wildman–Crippen LogP) is 2.21. The van der Waals surface area contributed by atoms with E-state index >= 15 is 0 Å². The predicted molar refractivity (Wildman–Crippen MR) is 94.9 cm³/mol. The Kier molecular flexibility index (Phi) is 4.53. The molecule has 1 fully saturated rings. The van der Waals surface area contributed by atoms with Crippen LogP contribution in [0.25, 0.3) is 0 Å². The van der Waals surface area contributed by atoms with Crippen LogP contribution in [0.5, 0.6) is 0 Å². The Morgan fingerprint density at radius 2 is 1.84 bits per heavy atom. The third-order valence-electron chi connectivity index (χ3n) is 5.26. The minimum atomic E-state index is -0.210. The van der Waals surface area contributed by atoms with E-state index in [0.717, 1.165) is 63.5 Å². The first-order valence-corrected chi connectivity index (χ1v) is 9.02. The number of aliphatic hydroxyl groups is 1. The number of halogens is 1. The number of nitrogens with one attached hydrogen (secondary N) is 1. The van der Waals surface area contributed by atoms with Gasteiger partial charge >= 0.3 is 0 Å². The third-order valence-corrected chi connectivity index (χ3v) is 5.26. The smallest absolute Gasteiger partial charge is 0.156 e. The highest BCUT2D eigenvalue weighted by Crippen LogP contribution is 2.27. The molecule has 6 heteroatoms.